The molecule has 0 unspecified atom stereocenters. The van der Waals surface area contributed by atoms with E-state index in [-0.39, 0.29) is 0 Å². The Hall–Kier alpha value is -17.9. The number of fused-ring (bicyclic) bond motifs is 33. The van der Waals surface area contributed by atoms with E-state index >= 15 is 0 Å². The zero-order valence-corrected chi connectivity index (χ0v) is 75.5. The molecule has 0 amide bonds. The van der Waals surface area contributed by atoms with Gasteiger partial charge in [0.2, 0.25) is 17.8 Å². The number of thiophene rings is 2. The first-order valence-electron chi connectivity index (χ1n) is 46.6. The summed E-state index contributed by atoms with van der Waals surface area (Å²) in [6.07, 6.45) is 0. The highest BCUT2D eigenvalue weighted by Gasteiger charge is 2.26. The van der Waals surface area contributed by atoms with Crippen LogP contribution in [0, 0.1) is 0 Å². The van der Waals surface area contributed by atoms with Crippen LogP contribution in [0.3, 0.4) is 0 Å². The molecule has 0 aliphatic rings. The van der Waals surface area contributed by atoms with Crippen molar-refractivity contribution in [3.05, 3.63) is 443 Å². The summed E-state index contributed by atoms with van der Waals surface area (Å²) in [7, 11) is 0. The van der Waals surface area contributed by atoms with Gasteiger partial charge in [-0.1, -0.05) is 328 Å². The fraction of sp³-hybridized carbons (Fsp3) is 0. The normalized spacial score (nSPS) is 12.1. The molecule has 31 aromatic rings. The molecule has 0 fully saturated rings. The van der Waals surface area contributed by atoms with E-state index in [2.05, 4.69) is 408 Å². The molecule has 0 bridgehead atoms. The van der Waals surface area contributed by atoms with Crippen LogP contribution >= 0.6 is 22.7 Å². The van der Waals surface area contributed by atoms with Crippen LogP contribution in [0.25, 0.3) is 288 Å². The van der Waals surface area contributed by atoms with Gasteiger partial charge in [-0.25, -0.2) is 29.9 Å². The molecule has 0 N–H and O–H groups in total. The largest absolute Gasteiger partial charge is 0.455 e. The third kappa shape index (κ3) is 12.1. The van der Waals surface area contributed by atoms with Crippen molar-refractivity contribution in [3.63, 3.8) is 0 Å². The van der Waals surface area contributed by atoms with Gasteiger partial charge in [-0.15, -0.1) is 22.7 Å². The van der Waals surface area contributed by atoms with E-state index in [9.17, 15) is 0 Å². The van der Waals surface area contributed by atoms with E-state index in [0.29, 0.717) is 17.8 Å². The van der Waals surface area contributed by atoms with Gasteiger partial charge in [-0.2, -0.15) is 0 Å². The van der Waals surface area contributed by atoms with Crippen molar-refractivity contribution < 1.29 is 4.42 Å². The van der Waals surface area contributed by atoms with Crippen LogP contribution in [0.4, 0.5) is 0 Å². The average molecular weight is 1790 g/mol. The molecule has 138 heavy (non-hydrogen) atoms. The van der Waals surface area contributed by atoms with Crippen LogP contribution in [-0.2, 0) is 0 Å². The van der Waals surface area contributed by atoms with Crippen molar-refractivity contribution in [1.82, 2.24) is 43.6 Å². The second-order valence-corrected chi connectivity index (χ2v) is 37.9. The molecule has 0 saturated carbocycles. The second kappa shape index (κ2) is 30.8. The van der Waals surface area contributed by atoms with Gasteiger partial charge < -0.3 is 4.42 Å². The van der Waals surface area contributed by atoms with Crippen LogP contribution in [0.15, 0.2) is 447 Å². The Labute approximate surface area is 795 Å². The first-order chi connectivity index (χ1) is 68.4. The number of hydrogen-bond donors (Lipinski definition) is 0. The minimum Gasteiger partial charge on any atom is -0.455 e. The molecule has 0 saturated heterocycles. The maximum absolute atomic E-state index is 6.56. The summed E-state index contributed by atoms with van der Waals surface area (Å²) in [5, 5.41) is 32.6. The highest BCUT2D eigenvalue weighted by molar-refractivity contribution is 7.26. The van der Waals surface area contributed by atoms with Gasteiger partial charge in [0, 0.05) is 122 Å². The molecule has 0 spiro atoms. The Bertz CT molecular complexity index is 10300. The molecule has 0 atom stereocenters. The van der Waals surface area contributed by atoms with E-state index in [4.69, 9.17) is 34.3 Å². The van der Waals surface area contributed by atoms with Gasteiger partial charge in [0.25, 0.3) is 0 Å². The van der Waals surface area contributed by atoms with Crippen molar-refractivity contribution in [2.24, 2.45) is 0 Å². The molecule has 31 rings (SSSR count). The lowest BCUT2D eigenvalue weighted by atomic mass is 9.96. The Balaban J connectivity index is 0.000000100. The molecule has 10 nitrogen and oxygen atoms in total. The summed E-state index contributed by atoms with van der Waals surface area (Å²) in [6.45, 7) is 0. The quantitative estimate of drug-likeness (QED) is 0.146. The van der Waals surface area contributed by atoms with Gasteiger partial charge >= 0.3 is 0 Å². The first kappa shape index (κ1) is 77.6. The summed E-state index contributed by atoms with van der Waals surface area (Å²) in [6, 6.07) is 158. The molecular formula is C126H73N9OS2. The molecule has 0 aliphatic heterocycles. The third-order valence-corrected chi connectivity index (χ3v) is 30.4. The number of hydrogen-bond acceptors (Lipinski definition) is 9. The van der Waals surface area contributed by atoms with Gasteiger partial charge in [-0.05, 0) is 186 Å². The van der Waals surface area contributed by atoms with Crippen molar-refractivity contribution in [1.29, 1.82) is 0 Å². The van der Waals surface area contributed by atoms with Crippen molar-refractivity contribution >= 4 is 248 Å². The van der Waals surface area contributed by atoms with Crippen molar-refractivity contribution in [2.75, 3.05) is 0 Å². The van der Waals surface area contributed by atoms with E-state index in [1.165, 1.54) is 127 Å². The van der Waals surface area contributed by atoms with Crippen LogP contribution in [-0.4, -0.2) is 43.6 Å². The summed E-state index contributed by atoms with van der Waals surface area (Å²) >= 11 is 3.74. The standard InChI is InChI=1S/C46H27N3O.2C40H23N3S/c1-3-11-28(12-4-1)31-21-25-38-37(27-31)44(30-13-5-2-6-14-30)48-46(47-38)49-39-17-9-7-16-36(39)43-34-22-19-29-20-23-35-32-15-8-10-18-41(32)50-45(35)42(29)33(34)24-26-40(43)49;1-2-10-24(11-3-1)39-29-14-4-7-15-34(29)41-40(42-39)43-35-16-8-5-12-27(35)32-22-30-25(20-36(32)43)18-19-26-21-38-33(23-31(26)30)28-13-6-9-17-37(28)44-38;1-2-10-24(11-3-1)39-29-13-4-7-15-33(29)41-40(42-39)43-34-16-8-5-12-27(34)32-23-31-25(22-35(32)43)18-19-28-26(31)20-21-37-38(28)30-14-6-9-17-36(30)44-37/h1-27H;2*1-23H. The number of rotatable bonds is 7. The van der Waals surface area contributed by atoms with E-state index < -0.39 is 0 Å². The molecule has 22 aromatic carbocycles. The molecule has 12 heteroatoms. The van der Waals surface area contributed by atoms with Crippen LogP contribution in [0.5, 0.6) is 0 Å². The third-order valence-electron chi connectivity index (χ3n) is 28.1. The Morgan fingerprint density at radius 3 is 1.17 bits per heavy atom. The molecule has 9 heterocycles. The van der Waals surface area contributed by atoms with Crippen molar-refractivity contribution in [3.8, 4) is 62.7 Å². The zero-order valence-electron chi connectivity index (χ0n) is 73.9. The summed E-state index contributed by atoms with van der Waals surface area (Å²) < 4.78 is 18.6. The fourth-order valence-corrected chi connectivity index (χ4v) is 24.1. The molecule has 9 aromatic heterocycles. The lowest BCUT2D eigenvalue weighted by Gasteiger charge is -2.13. The second-order valence-electron chi connectivity index (χ2n) is 35.8. The minimum atomic E-state index is 0.648. The van der Waals surface area contributed by atoms with E-state index in [1.54, 1.807) is 0 Å². The molecule has 0 radical (unpaired) electrons. The Morgan fingerprint density at radius 1 is 0.174 bits per heavy atom. The highest BCUT2D eigenvalue weighted by atomic mass is 32.1. The first-order valence-corrected chi connectivity index (χ1v) is 48.2. The summed E-state index contributed by atoms with van der Waals surface area (Å²) in [5.41, 5.74) is 19.5. The van der Waals surface area contributed by atoms with E-state index in [0.717, 1.165) is 143 Å². The van der Waals surface area contributed by atoms with Crippen molar-refractivity contribution in [2.45, 2.75) is 0 Å². The molecule has 0 aliphatic carbocycles. The minimum absolute atomic E-state index is 0.648. The van der Waals surface area contributed by atoms with Gasteiger partial charge in [0.15, 0.2) is 0 Å². The predicted molar refractivity (Wildman–Crippen MR) is 581 cm³/mol. The smallest absolute Gasteiger partial charge is 0.235 e. The molecule has 640 valence electrons. The summed E-state index contributed by atoms with van der Waals surface area (Å²) in [5.74, 6) is 2.01. The van der Waals surface area contributed by atoms with E-state index in [1.807, 2.05) is 71.2 Å². The fourth-order valence-electron chi connectivity index (χ4n) is 21.9. The van der Waals surface area contributed by atoms with Crippen LogP contribution in [0.1, 0.15) is 0 Å². The lowest BCUT2D eigenvalue weighted by molar-refractivity contribution is 0.673. The number of nitrogens with zero attached hydrogens (tertiary/aromatic N) is 9. The van der Waals surface area contributed by atoms with Crippen LogP contribution < -0.4 is 0 Å². The van der Waals surface area contributed by atoms with Gasteiger partial charge in [0.1, 0.15) is 11.2 Å². The van der Waals surface area contributed by atoms with Crippen LogP contribution in [0.2, 0.25) is 0 Å². The van der Waals surface area contributed by atoms with Gasteiger partial charge in [-0.3, -0.25) is 13.7 Å². The monoisotopic (exact) mass is 1790 g/mol. The van der Waals surface area contributed by atoms with Gasteiger partial charge in [0.05, 0.1) is 66.7 Å². The average Bonchev–Trinajstić information content (AvgIpc) is 1.56. The number of benzene rings is 22. The number of para-hydroxylation sites is 6. The maximum Gasteiger partial charge on any atom is 0.235 e. The number of furan rings is 1. The predicted octanol–water partition coefficient (Wildman–Crippen LogP) is 34.4. The Morgan fingerprint density at radius 2 is 0.572 bits per heavy atom. The topological polar surface area (TPSA) is 105 Å². The maximum atomic E-state index is 6.56. The SMILES string of the molecule is c1ccc(-c2ccc3nc(-n4c5ccccc5c5c6ccc7ccc8c9ccccc9oc8c7c6ccc54)nc(-c4ccccc4)c3c2)cc1.c1ccc(-c2nc(-n3c4ccccc4c4cc5c(ccc6c5ccc5sc7ccccc7c56)cc43)nc3ccccc23)cc1.c1ccc(-c2nc(-n3c4ccccc4c4cc5c(ccc6cc7sc8ccccc8c7cc65)cc43)nc3ccccc23)cc1. The Kier molecular flexibility index (Phi) is 17.3. The zero-order chi connectivity index (χ0) is 90.3. The molecular weight excluding hydrogens is 1720 g/mol. The lowest BCUT2D eigenvalue weighted by Crippen LogP contribution is -2.03. The summed E-state index contributed by atoms with van der Waals surface area (Å²) in [4.78, 5) is 31.4. The number of aromatic nitrogens is 9. The highest BCUT2D eigenvalue weighted by Crippen LogP contribution is 2.49.